The topological polar surface area (TPSA) is 50.7 Å². The normalized spacial score (nSPS) is 10.8. The summed E-state index contributed by atoms with van der Waals surface area (Å²) in [7, 11) is 1.49. The SMILES string of the molecule is C=CSCC(CC)=NOC(=O)NC. The van der Waals surface area contributed by atoms with E-state index < -0.39 is 6.09 Å². The molecule has 74 valence electrons. The Bertz CT molecular complexity index is 204. The summed E-state index contributed by atoms with van der Waals surface area (Å²) in [6.07, 6.45) is 0.215. The van der Waals surface area contributed by atoms with E-state index in [-0.39, 0.29) is 0 Å². The van der Waals surface area contributed by atoms with Crippen LogP contribution in [-0.2, 0) is 4.84 Å². The number of rotatable bonds is 5. The highest BCUT2D eigenvalue weighted by Crippen LogP contribution is 2.03. The molecule has 0 unspecified atom stereocenters. The zero-order chi connectivity index (χ0) is 10.1. The van der Waals surface area contributed by atoms with Gasteiger partial charge in [0.25, 0.3) is 0 Å². The first-order valence-electron chi connectivity index (χ1n) is 3.91. The average Bonchev–Trinajstić information content (AvgIpc) is 2.17. The van der Waals surface area contributed by atoms with E-state index in [2.05, 4.69) is 21.9 Å². The van der Waals surface area contributed by atoms with E-state index in [0.29, 0.717) is 5.75 Å². The molecule has 0 bridgehead atoms. The van der Waals surface area contributed by atoms with Gasteiger partial charge in [-0.2, -0.15) is 0 Å². The van der Waals surface area contributed by atoms with Crippen molar-refractivity contribution in [3.63, 3.8) is 0 Å². The standard InChI is InChI=1S/C8H14N2O2S/c1-4-7(6-13-5-2)10-12-8(11)9-3/h5H,2,4,6H2,1,3H3,(H,9,11). The summed E-state index contributed by atoms with van der Waals surface area (Å²) in [5, 5.41) is 7.72. The van der Waals surface area contributed by atoms with Crippen molar-refractivity contribution in [3.05, 3.63) is 12.0 Å². The minimum atomic E-state index is -0.547. The molecule has 0 aromatic heterocycles. The van der Waals surface area contributed by atoms with Crippen molar-refractivity contribution in [3.8, 4) is 0 Å². The maximum Gasteiger partial charge on any atom is 0.433 e. The lowest BCUT2D eigenvalue weighted by Crippen LogP contribution is -2.17. The molecule has 4 nitrogen and oxygen atoms in total. The molecule has 0 radical (unpaired) electrons. The Labute approximate surface area is 82.4 Å². The molecule has 0 aromatic carbocycles. The molecule has 0 heterocycles. The molecule has 0 aromatic rings. The summed E-state index contributed by atoms with van der Waals surface area (Å²) in [6, 6.07) is 0. The van der Waals surface area contributed by atoms with Gasteiger partial charge in [0.1, 0.15) is 0 Å². The van der Waals surface area contributed by atoms with Gasteiger partial charge < -0.3 is 5.32 Å². The average molecular weight is 202 g/mol. The fraction of sp³-hybridized carbons (Fsp3) is 0.500. The quantitative estimate of drug-likeness (QED) is 0.421. The van der Waals surface area contributed by atoms with Gasteiger partial charge in [0.05, 0.1) is 5.71 Å². The lowest BCUT2D eigenvalue weighted by atomic mass is 10.3. The molecular weight excluding hydrogens is 188 g/mol. The Morgan fingerprint density at radius 2 is 2.46 bits per heavy atom. The van der Waals surface area contributed by atoms with E-state index in [9.17, 15) is 4.79 Å². The van der Waals surface area contributed by atoms with Crippen LogP contribution in [0.3, 0.4) is 0 Å². The first-order chi connectivity index (χ1) is 6.24. The van der Waals surface area contributed by atoms with Crippen molar-refractivity contribution in [1.29, 1.82) is 0 Å². The summed E-state index contributed by atoms with van der Waals surface area (Å²) < 4.78 is 0. The molecule has 0 aliphatic heterocycles. The third-order valence-electron chi connectivity index (χ3n) is 1.24. The molecule has 13 heavy (non-hydrogen) atoms. The first-order valence-corrected chi connectivity index (χ1v) is 4.96. The number of amides is 1. The maximum absolute atomic E-state index is 10.6. The van der Waals surface area contributed by atoms with Crippen molar-refractivity contribution in [1.82, 2.24) is 5.32 Å². The van der Waals surface area contributed by atoms with Crippen LogP contribution >= 0.6 is 11.8 Å². The predicted molar refractivity (Wildman–Crippen MR) is 55.9 cm³/mol. The Kier molecular flexibility index (Phi) is 7.10. The number of hydrogen-bond donors (Lipinski definition) is 1. The number of carbonyl (C=O) groups is 1. The van der Waals surface area contributed by atoms with Crippen molar-refractivity contribution >= 4 is 23.6 Å². The molecule has 0 aliphatic rings. The number of nitrogens with one attached hydrogen (secondary N) is 1. The number of thioether (sulfide) groups is 1. The van der Waals surface area contributed by atoms with E-state index in [1.54, 1.807) is 5.41 Å². The summed E-state index contributed by atoms with van der Waals surface area (Å²) in [4.78, 5) is 15.2. The number of oxime groups is 1. The van der Waals surface area contributed by atoms with Crippen LogP contribution in [0.15, 0.2) is 17.1 Å². The Balaban J connectivity index is 3.90. The molecule has 0 aliphatic carbocycles. The molecule has 1 amide bonds. The zero-order valence-corrected chi connectivity index (χ0v) is 8.69. The number of carbonyl (C=O) groups excluding carboxylic acids is 1. The van der Waals surface area contributed by atoms with Crippen molar-refractivity contribution < 1.29 is 9.63 Å². The zero-order valence-electron chi connectivity index (χ0n) is 7.87. The summed E-state index contributed by atoms with van der Waals surface area (Å²) in [5.41, 5.74) is 0.827. The molecular formula is C8H14N2O2S. The van der Waals surface area contributed by atoms with Crippen LogP contribution in [0.5, 0.6) is 0 Å². The van der Waals surface area contributed by atoms with Crippen molar-refractivity contribution in [2.75, 3.05) is 12.8 Å². The van der Waals surface area contributed by atoms with Gasteiger partial charge >= 0.3 is 6.09 Å². The van der Waals surface area contributed by atoms with Gasteiger partial charge in [0.2, 0.25) is 0 Å². The maximum atomic E-state index is 10.6. The van der Waals surface area contributed by atoms with Crippen LogP contribution in [0.25, 0.3) is 0 Å². The van der Waals surface area contributed by atoms with E-state index in [1.807, 2.05) is 6.92 Å². The molecule has 0 atom stereocenters. The van der Waals surface area contributed by atoms with Crippen LogP contribution in [0.2, 0.25) is 0 Å². The van der Waals surface area contributed by atoms with Gasteiger partial charge in [0.15, 0.2) is 0 Å². The van der Waals surface area contributed by atoms with E-state index >= 15 is 0 Å². The molecule has 1 N–H and O–H groups in total. The first kappa shape index (κ1) is 12.0. The minimum Gasteiger partial charge on any atom is -0.323 e. The van der Waals surface area contributed by atoms with Gasteiger partial charge in [-0.05, 0) is 11.8 Å². The second-order valence-electron chi connectivity index (χ2n) is 2.12. The summed E-state index contributed by atoms with van der Waals surface area (Å²) in [5.74, 6) is 0.705. The smallest absolute Gasteiger partial charge is 0.323 e. The summed E-state index contributed by atoms with van der Waals surface area (Å²) in [6.45, 7) is 5.52. The highest BCUT2D eigenvalue weighted by Gasteiger charge is 1.99. The van der Waals surface area contributed by atoms with E-state index in [4.69, 9.17) is 0 Å². The molecule has 0 fully saturated rings. The van der Waals surface area contributed by atoms with Gasteiger partial charge in [-0.3, -0.25) is 4.84 Å². The molecule has 0 saturated heterocycles. The predicted octanol–water partition coefficient (Wildman–Crippen LogP) is 1.99. The minimum absolute atomic E-state index is 0.547. The van der Waals surface area contributed by atoms with Crippen molar-refractivity contribution in [2.24, 2.45) is 5.16 Å². The highest BCUT2D eigenvalue weighted by atomic mass is 32.2. The monoisotopic (exact) mass is 202 g/mol. The Hall–Kier alpha value is -0.970. The van der Waals surface area contributed by atoms with Gasteiger partial charge in [0, 0.05) is 12.8 Å². The molecule has 0 rings (SSSR count). The van der Waals surface area contributed by atoms with Crippen LogP contribution in [0, 0.1) is 0 Å². The highest BCUT2D eigenvalue weighted by molar-refractivity contribution is 8.02. The van der Waals surface area contributed by atoms with Crippen LogP contribution in [-0.4, -0.2) is 24.6 Å². The van der Waals surface area contributed by atoms with Gasteiger partial charge in [-0.25, -0.2) is 4.79 Å². The van der Waals surface area contributed by atoms with Crippen LogP contribution in [0.1, 0.15) is 13.3 Å². The molecule has 5 heteroatoms. The second-order valence-corrected chi connectivity index (χ2v) is 3.07. The van der Waals surface area contributed by atoms with E-state index in [0.717, 1.165) is 12.1 Å². The lowest BCUT2D eigenvalue weighted by Gasteiger charge is -2.00. The van der Waals surface area contributed by atoms with Gasteiger partial charge in [-0.15, -0.1) is 11.8 Å². The second kappa shape index (κ2) is 7.67. The van der Waals surface area contributed by atoms with Gasteiger partial charge in [-0.1, -0.05) is 18.7 Å². The lowest BCUT2D eigenvalue weighted by molar-refractivity contribution is 0.153. The molecule has 0 spiro atoms. The Morgan fingerprint density at radius 3 is 2.92 bits per heavy atom. The fourth-order valence-electron chi connectivity index (χ4n) is 0.500. The third kappa shape index (κ3) is 6.21. The summed E-state index contributed by atoms with van der Waals surface area (Å²) >= 11 is 1.52. The Morgan fingerprint density at radius 1 is 1.77 bits per heavy atom. The molecule has 0 saturated carbocycles. The number of hydrogen-bond acceptors (Lipinski definition) is 4. The number of nitrogens with zero attached hydrogens (tertiary/aromatic N) is 1. The third-order valence-corrected chi connectivity index (χ3v) is 1.97. The van der Waals surface area contributed by atoms with Crippen LogP contribution in [0.4, 0.5) is 4.79 Å². The fourth-order valence-corrected chi connectivity index (χ4v) is 1.07. The van der Waals surface area contributed by atoms with Crippen molar-refractivity contribution in [2.45, 2.75) is 13.3 Å². The largest absolute Gasteiger partial charge is 0.433 e. The van der Waals surface area contributed by atoms with Crippen LogP contribution < -0.4 is 5.32 Å². The van der Waals surface area contributed by atoms with E-state index in [1.165, 1.54) is 18.8 Å².